The molecule has 0 saturated heterocycles. The third-order valence-corrected chi connectivity index (χ3v) is 5.18. The highest BCUT2D eigenvalue weighted by atomic mass is 32.1. The largest absolute Gasteiger partial charge is 0.465 e. The second-order valence-electron chi connectivity index (χ2n) is 5.74. The Balaban J connectivity index is 2.32. The lowest BCUT2D eigenvalue weighted by Gasteiger charge is -2.14. The second-order valence-corrected chi connectivity index (χ2v) is 6.73. The average molecular weight is 366 g/mol. The third kappa shape index (κ3) is 3.89. The van der Waals surface area contributed by atoms with Crippen molar-refractivity contribution in [2.75, 3.05) is 13.7 Å². The van der Waals surface area contributed by atoms with Gasteiger partial charge in [-0.2, -0.15) is 0 Å². The number of nitrogens with zero attached hydrogens (tertiary/aromatic N) is 2. The molecule has 0 aliphatic heterocycles. The van der Waals surface area contributed by atoms with Crippen LogP contribution in [0.15, 0.2) is 11.1 Å². The number of hydrogen-bond donors (Lipinski definition) is 0. The number of esters is 2. The van der Waals surface area contributed by atoms with Gasteiger partial charge in [0, 0.05) is 0 Å². The predicted octanol–water partition coefficient (Wildman–Crippen LogP) is 2.85. The first-order valence-corrected chi connectivity index (χ1v) is 8.99. The van der Waals surface area contributed by atoms with Crippen molar-refractivity contribution in [3.63, 3.8) is 0 Å². The van der Waals surface area contributed by atoms with Gasteiger partial charge in [0.25, 0.3) is 5.56 Å². The molecule has 1 atom stereocenters. The number of hydrogen-bond acceptors (Lipinski definition) is 7. The average Bonchev–Trinajstić information content (AvgIpc) is 2.95. The zero-order valence-electron chi connectivity index (χ0n) is 14.8. The predicted molar refractivity (Wildman–Crippen MR) is 95.2 cm³/mol. The fourth-order valence-electron chi connectivity index (χ4n) is 2.46. The van der Waals surface area contributed by atoms with Crippen LogP contribution in [0.4, 0.5) is 0 Å². The number of aryl methyl sites for hydroxylation is 1. The molecule has 2 aromatic heterocycles. The molecule has 7 nitrogen and oxygen atoms in total. The van der Waals surface area contributed by atoms with Crippen molar-refractivity contribution >= 4 is 33.5 Å². The summed E-state index contributed by atoms with van der Waals surface area (Å²) in [4.78, 5) is 41.7. The van der Waals surface area contributed by atoms with Crippen molar-refractivity contribution < 1.29 is 19.1 Å². The van der Waals surface area contributed by atoms with E-state index < -0.39 is 18.0 Å². The van der Waals surface area contributed by atoms with E-state index in [0.717, 1.165) is 30.6 Å². The number of unbranched alkanes of at least 4 members (excludes halogenated alkanes) is 2. The molecule has 0 bridgehead atoms. The molecular weight excluding hydrogens is 344 g/mol. The van der Waals surface area contributed by atoms with Crippen LogP contribution < -0.4 is 5.56 Å². The minimum Gasteiger partial charge on any atom is -0.465 e. The number of ether oxygens (including phenoxy) is 2. The zero-order chi connectivity index (χ0) is 18.6. The van der Waals surface area contributed by atoms with Crippen LogP contribution in [0, 0.1) is 6.92 Å². The molecule has 0 aliphatic rings. The molecule has 1 unspecified atom stereocenters. The topological polar surface area (TPSA) is 87.5 Å². The van der Waals surface area contributed by atoms with Gasteiger partial charge in [-0.3, -0.25) is 9.36 Å². The minimum atomic E-state index is -0.785. The summed E-state index contributed by atoms with van der Waals surface area (Å²) in [7, 11) is 1.29. The fourth-order valence-corrected chi connectivity index (χ4v) is 3.52. The molecule has 0 aromatic carbocycles. The van der Waals surface area contributed by atoms with Crippen molar-refractivity contribution in [1.29, 1.82) is 0 Å². The van der Waals surface area contributed by atoms with Crippen molar-refractivity contribution in [3.05, 3.63) is 27.1 Å². The minimum absolute atomic E-state index is 0.332. The van der Waals surface area contributed by atoms with Crippen LogP contribution in [-0.2, 0) is 14.3 Å². The van der Waals surface area contributed by atoms with Gasteiger partial charge in [0.2, 0.25) is 0 Å². The summed E-state index contributed by atoms with van der Waals surface area (Å²) in [6.07, 6.45) is 4.14. The Hall–Kier alpha value is -2.22. The van der Waals surface area contributed by atoms with E-state index in [9.17, 15) is 14.4 Å². The molecule has 8 heteroatoms. The van der Waals surface area contributed by atoms with Crippen LogP contribution in [0.25, 0.3) is 10.2 Å². The van der Waals surface area contributed by atoms with Crippen LogP contribution in [0.2, 0.25) is 0 Å². The van der Waals surface area contributed by atoms with Crippen LogP contribution in [-0.4, -0.2) is 35.2 Å². The fraction of sp³-hybridized carbons (Fsp3) is 0.529. The summed E-state index contributed by atoms with van der Waals surface area (Å²) >= 11 is 1.10. The molecule has 0 amide bonds. The molecule has 0 saturated carbocycles. The van der Waals surface area contributed by atoms with E-state index in [0.29, 0.717) is 27.3 Å². The highest BCUT2D eigenvalue weighted by Gasteiger charge is 2.23. The summed E-state index contributed by atoms with van der Waals surface area (Å²) in [5, 5.41) is 0.332. The maximum atomic E-state index is 12.8. The first-order chi connectivity index (χ1) is 11.9. The molecule has 0 N–H and O–H groups in total. The zero-order valence-corrected chi connectivity index (χ0v) is 15.6. The van der Waals surface area contributed by atoms with Crippen molar-refractivity contribution in [3.8, 4) is 0 Å². The lowest BCUT2D eigenvalue weighted by atomic mass is 10.2. The molecular formula is C17H22N2O5S. The first-order valence-electron chi connectivity index (χ1n) is 8.17. The number of aromatic nitrogens is 2. The molecule has 0 aliphatic carbocycles. The Morgan fingerprint density at radius 3 is 2.72 bits per heavy atom. The van der Waals surface area contributed by atoms with E-state index in [1.807, 2.05) is 0 Å². The van der Waals surface area contributed by atoms with E-state index >= 15 is 0 Å². The Kier molecular flexibility index (Phi) is 6.30. The van der Waals surface area contributed by atoms with Crippen LogP contribution >= 0.6 is 11.3 Å². The maximum Gasteiger partial charge on any atom is 0.348 e. The standard InChI is InChI=1S/C17H22N2O5S/c1-5-6-7-8-24-16(21)11(3)19-9-18-14-12(15(19)20)10(2)13(25-14)17(22)23-4/h9,11H,5-8H2,1-4H3. The monoisotopic (exact) mass is 366 g/mol. The Labute approximate surface area is 149 Å². The molecule has 0 fully saturated rings. The molecule has 0 radical (unpaired) electrons. The molecule has 25 heavy (non-hydrogen) atoms. The normalized spacial score (nSPS) is 12.2. The van der Waals surface area contributed by atoms with Gasteiger partial charge in [-0.15, -0.1) is 11.3 Å². The van der Waals surface area contributed by atoms with E-state index in [-0.39, 0.29) is 5.56 Å². The quantitative estimate of drug-likeness (QED) is 0.553. The number of rotatable bonds is 7. The van der Waals surface area contributed by atoms with Crippen LogP contribution in [0.3, 0.4) is 0 Å². The molecule has 2 aromatic rings. The lowest BCUT2D eigenvalue weighted by molar-refractivity contribution is -0.147. The number of fused-ring (bicyclic) bond motifs is 1. The summed E-state index contributed by atoms with van der Waals surface area (Å²) in [6.45, 7) is 5.67. The second kappa shape index (κ2) is 8.24. The van der Waals surface area contributed by atoms with Gasteiger partial charge in [-0.25, -0.2) is 14.6 Å². The van der Waals surface area contributed by atoms with E-state index in [2.05, 4.69) is 11.9 Å². The number of carbonyl (C=O) groups is 2. The van der Waals surface area contributed by atoms with Crippen molar-refractivity contribution in [2.24, 2.45) is 0 Å². The van der Waals surface area contributed by atoms with Gasteiger partial charge in [-0.05, 0) is 25.8 Å². The molecule has 2 heterocycles. The summed E-state index contributed by atoms with van der Waals surface area (Å²) in [5.74, 6) is -0.977. The Morgan fingerprint density at radius 1 is 1.36 bits per heavy atom. The van der Waals surface area contributed by atoms with Gasteiger partial charge < -0.3 is 9.47 Å². The van der Waals surface area contributed by atoms with Crippen LogP contribution in [0.5, 0.6) is 0 Å². The Morgan fingerprint density at radius 2 is 2.08 bits per heavy atom. The van der Waals surface area contributed by atoms with E-state index in [1.54, 1.807) is 13.8 Å². The van der Waals surface area contributed by atoms with Crippen LogP contribution in [0.1, 0.15) is 54.4 Å². The smallest absolute Gasteiger partial charge is 0.348 e. The summed E-state index contributed by atoms with van der Waals surface area (Å²) < 4.78 is 11.2. The van der Waals surface area contributed by atoms with Crippen molar-refractivity contribution in [2.45, 2.75) is 46.1 Å². The highest BCUT2D eigenvalue weighted by molar-refractivity contribution is 7.20. The first kappa shape index (κ1) is 19.1. The summed E-state index contributed by atoms with van der Waals surface area (Å²) in [5.41, 5.74) is 0.147. The number of thiophene rings is 1. The van der Waals surface area contributed by atoms with Gasteiger partial charge in [0.05, 0.1) is 25.4 Å². The van der Waals surface area contributed by atoms with Gasteiger partial charge in [-0.1, -0.05) is 19.8 Å². The van der Waals surface area contributed by atoms with Gasteiger partial charge in [0.15, 0.2) is 0 Å². The van der Waals surface area contributed by atoms with E-state index in [4.69, 9.17) is 9.47 Å². The lowest BCUT2D eigenvalue weighted by Crippen LogP contribution is -2.29. The molecule has 2 rings (SSSR count). The maximum absolute atomic E-state index is 12.8. The number of carbonyl (C=O) groups excluding carboxylic acids is 2. The highest BCUT2D eigenvalue weighted by Crippen LogP contribution is 2.27. The summed E-state index contributed by atoms with van der Waals surface area (Å²) in [6, 6.07) is -0.785. The van der Waals surface area contributed by atoms with Gasteiger partial charge in [0.1, 0.15) is 15.7 Å². The van der Waals surface area contributed by atoms with E-state index in [1.165, 1.54) is 18.0 Å². The van der Waals surface area contributed by atoms with Crippen molar-refractivity contribution in [1.82, 2.24) is 9.55 Å². The molecule has 136 valence electrons. The third-order valence-electron chi connectivity index (χ3n) is 4.00. The molecule has 0 spiro atoms. The number of methoxy groups -OCH3 is 1. The SMILES string of the molecule is CCCCCOC(=O)C(C)n1cnc2sc(C(=O)OC)c(C)c2c1=O. The van der Waals surface area contributed by atoms with Gasteiger partial charge >= 0.3 is 11.9 Å². The Bertz CT molecular complexity index is 839.